The fourth-order valence-corrected chi connectivity index (χ4v) is 6.68. The van der Waals surface area contributed by atoms with Crippen LogP contribution in [-0.2, 0) is 22.2 Å². The number of sulfone groups is 1. The Kier molecular flexibility index (Phi) is 9.83. The maximum atomic E-state index is 12.6. The molecule has 10 heteroatoms. The molecule has 0 radical (unpaired) electrons. The van der Waals surface area contributed by atoms with Gasteiger partial charge in [0.15, 0.2) is 21.3 Å². The van der Waals surface area contributed by atoms with Crippen LogP contribution in [0.1, 0.15) is 73.4 Å². The molecule has 6 nitrogen and oxygen atoms in total. The van der Waals surface area contributed by atoms with Gasteiger partial charge in [-0.2, -0.15) is 0 Å². The summed E-state index contributed by atoms with van der Waals surface area (Å²) in [5.41, 5.74) is 0.960. The van der Waals surface area contributed by atoms with Crippen molar-refractivity contribution >= 4 is 34.8 Å². The highest BCUT2D eigenvalue weighted by atomic mass is 32.2. The Morgan fingerprint density at radius 2 is 1.05 bits per heavy atom. The Bertz CT molecular complexity index is 1070. The fourth-order valence-electron chi connectivity index (χ4n) is 2.79. The third-order valence-corrected chi connectivity index (χ3v) is 22.3. The molecule has 216 valence electrons. The van der Waals surface area contributed by atoms with Gasteiger partial charge in [-0.05, 0) is 66.0 Å². The minimum atomic E-state index is -3.44. The summed E-state index contributed by atoms with van der Waals surface area (Å²) in [6.07, 6.45) is 1.21. The van der Waals surface area contributed by atoms with Crippen molar-refractivity contribution in [3.8, 4) is 17.2 Å². The molecule has 0 aliphatic carbocycles. The van der Waals surface area contributed by atoms with Crippen molar-refractivity contribution in [3.63, 3.8) is 0 Å². The van der Waals surface area contributed by atoms with Crippen LogP contribution < -0.4 is 13.3 Å². The molecule has 0 bridgehead atoms. The van der Waals surface area contributed by atoms with Gasteiger partial charge >= 0.3 is 0 Å². The van der Waals surface area contributed by atoms with Gasteiger partial charge in [-0.1, -0.05) is 62.3 Å². The largest absolute Gasteiger partial charge is 0.541 e. The van der Waals surface area contributed by atoms with Gasteiger partial charge in [-0.25, -0.2) is 8.42 Å². The predicted molar refractivity (Wildman–Crippen MR) is 164 cm³/mol. The molecule has 0 saturated carbocycles. The van der Waals surface area contributed by atoms with Crippen LogP contribution in [0.3, 0.4) is 0 Å². The van der Waals surface area contributed by atoms with Crippen molar-refractivity contribution in [1.82, 2.24) is 0 Å². The average Bonchev–Trinajstić information content (AvgIpc) is 2.61. The quantitative estimate of drug-likeness (QED) is 0.295. The summed E-state index contributed by atoms with van der Waals surface area (Å²) in [4.78, 5) is 0. The summed E-state index contributed by atoms with van der Waals surface area (Å²) in [7, 11) is -10.6. The monoisotopic (exact) mass is 590 g/mol. The SMILES string of the molecule is CC(C)(C)[Si](C)(C)Oc1cc(CO)c(CS(C)(=O)=O)c(O[Si](C)(C)C(C)(C)C)c1O[Si](C)(C)C(C)(C)C. The first-order valence-electron chi connectivity index (χ1n) is 13.1. The van der Waals surface area contributed by atoms with E-state index in [2.05, 4.69) is 102 Å². The van der Waals surface area contributed by atoms with E-state index in [9.17, 15) is 13.5 Å². The second kappa shape index (κ2) is 10.6. The number of hydrogen-bond acceptors (Lipinski definition) is 6. The van der Waals surface area contributed by atoms with Crippen LogP contribution in [0.5, 0.6) is 17.2 Å². The van der Waals surface area contributed by atoms with Gasteiger partial charge in [0.05, 0.1) is 12.4 Å². The van der Waals surface area contributed by atoms with E-state index in [1.807, 2.05) is 0 Å². The predicted octanol–water partition coefficient (Wildman–Crippen LogP) is 7.88. The lowest BCUT2D eigenvalue weighted by Crippen LogP contribution is -2.47. The summed E-state index contributed by atoms with van der Waals surface area (Å²) in [6, 6.07) is 1.78. The Hall–Kier alpha value is -0.819. The van der Waals surface area contributed by atoms with Gasteiger partial charge in [0.1, 0.15) is 5.75 Å². The first-order valence-corrected chi connectivity index (χ1v) is 23.9. The van der Waals surface area contributed by atoms with E-state index in [0.29, 0.717) is 28.4 Å². The molecule has 0 atom stereocenters. The van der Waals surface area contributed by atoms with E-state index in [4.69, 9.17) is 13.3 Å². The Labute approximate surface area is 230 Å². The molecule has 1 aromatic rings. The zero-order chi connectivity index (χ0) is 29.6. The summed E-state index contributed by atoms with van der Waals surface area (Å²) >= 11 is 0. The zero-order valence-electron chi connectivity index (χ0n) is 26.4. The lowest BCUT2D eigenvalue weighted by molar-refractivity contribution is 0.279. The molecule has 37 heavy (non-hydrogen) atoms. The maximum absolute atomic E-state index is 12.6. The highest BCUT2D eigenvalue weighted by Crippen LogP contribution is 2.52. The molecule has 0 unspecified atom stereocenters. The third kappa shape index (κ3) is 8.33. The third-order valence-electron chi connectivity index (χ3n) is 8.47. The minimum absolute atomic E-state index is 0.0769. The molecule has 1 rings (SSSR count). The Balaban J connectivity index is 4.24. The lowest BCUT2D eigenvalue weighted by atomic mass is 10.1. The Morgan fingerprint density at radius 1 is 0.703 bits per heavy atom. The van der Waals surface area contributed by atoms with Crippen LogP contribution in [0.2, 0.25) is 54.4 Å². The van der Waals surface area contributed by atoms with E-state index in [1.165, 1.54) is 6.26 Å². The molecular formula is C27H54O6SSi3. The molecule has 0 aliphatic rings. The van der Waals surface area contributed by atoms with E-state index in [1.54, 1.807) is 6.07 Å². The highest BCUT2D eigenvalue weighted by Gasteiger charge is 2.45. The standard InChI is InChI=1S/C27H54O6SSi3/c1-25(2,3)35(11,12)31-22-17-20(18-28)21(19-34(10,29)30)23(32-36(13,14)26(4,5)6)24(22)33-37(15,16)27(7,8)9/h17,28H,18-19H2,1-16H3. The van der Waals surface area contributed by atoms with Gasteiger partial charge < -0.3 is 18.4 Å². The number of benzene rings is 1. The summed E-state index contributed by atoms with van der Waals surface area (Å²) in [5.74, 6) is 1.19. The molecule has 0 heterocycles. The van der Waals surface area contributed by atoms with Crippen molar-refractivity contribution in [3.05, 3.63) is 17.2 Å². The van der Waals surface area contributed by atoms with Crippen molar-refractivity contribution in [2.75, 3.05) is 6.26 Å². The molecular weight excluding hydrogens is 537 g/mol. The smallest absolute Gasteiger partial charge is 0.250 e. The van der Waals surface area contributed by atoms with Gasteiger partial charge in [0, 0.05) is 11.8 Å². The molecule has 0 fully saturated rings. The Morgan fingerprint density at radius 3 is 1.38 bits per heavy atom. The number of aliphatic hydroxyl groups excluding tert-OH is 1. The number of rotatable bonds is 9. The van der Waals surface area contributed by atoms with Crippen LogP contribution >= 0.6 is 0 Å². The van der Waals surface area contributed by atoms with E-state index < -0.39 is 34.8 Å². The molecule has 1 aromatic carbocycles. The van der Waals surface area contributed by atoms with E-state index in [0.717, 1.165) is 0 Å². The summed E-state index contributed by atoms with van der Waals surface area (Å²) in [6.45, 7) is 32.1. The fraction of sp³-hybridized carbons (Fsp3) is 0.778. The van der Waals surface area contributed by atoms with E-state index in [-0.39, 0.29) is 27.5 Å². The lowest BCUT2D eigenvalue weighted by Gasteiger charge is -2.42. The average molecular weight is 591 g/mol. The molecule has 1 N–H and O–H groups in total. The van der Waals surface area contributed by atoms with Gasteiger partial charge in [-0.3, -0.25) is 0 Å². The normalized spacial score (nSPS) is 14.5. The topological polar surface area (TPSA) is 82.1 Å². The van der Waals surface area contributed by atoms with E-state index >= 15 is 0 Å². The van der Waals surface area contributed by atoms with Crippen molar-refractivity contribution in [2.45, 2.75) is 129 Å². The molecule has 0 spiro atoms. The van der Waals surface area contributed by atoms with Crippen LogP contribution in [0.4, 0.5) is 0 Å². The molecule has 0 saturated heterocycles. The second-order valence-corrected chi connectivity index (χ2v) is 31.3. The van der Waals surface area contributed by atoms with Gasteiger partial charge in [0.25, 0.3) is 25.0 Å². The summed E-state index contributed by atoms with van der Waals surface area (Å²) in [5, 5.41) is 10.1. The molecule has 0 amide bonds. The highest BCUT2D eigenvalue weighted by molar-refractivity contribution is 7.89. The minimum Gasteiger partial charge on any atom is -0.541 e. The van der Waals surface area contributed by atoms with Crippen LogP contribution in [0, 0.1) is 0 Å². The first-order chi connectivity index (χ1) is 16.1. The molecule has 0 aliphatic heterocycles. The first kappa shape index (κ1) is 34.2. The van der Waals surface area contributed by atoms with Crippen molar-refractivity contribution in [2.24, 2.45) is 0 Å². The van der Waals surface area contributed by atoms with Crippen LogP contribution in [0.25, 0.3) is 0 Å². The number of aliphatic hydroxyl groups is 1. The van der Waals surface area contributed by atoms with Crippen LogP contribution in [0.15, 0.2) is 6.07 Å². The zero-order valence-corrected chi connectivity index (χ0v) is 30.2. The summed E-state index contributed by atoms with van der Waals surface area (Å²) < 4.78 is 45.9. The maximum Gasteiger partial charge on any atom is 0.250 e. The number of hydrogen-bond donors (Lipinski definition) is 1. The molecule has 0 aromatic heterocycles. The van der Waals surface area contributed by atoms with Crippen LogP contribution in [-0.4, -0.2) is 44.7 Å². The van der Waals surface area contributed by atoms with Gasteiger partial charge in [-0.15, -0.1) is 0 Å². The van der Waals surface area contributed by atoms with Crippen molar-refractivity contribution < 1.29 is 26.8 Å². The second-order valence-electron chi connectivity index (χ2n) is 15.0. The van der Waals surface area contributed by atoms with Gasteiger partial charge in [0.2, 0.25) is 0 Å². The van der Waals surface area contributed by atoms with Crippen molar-refractivity contribution in [1.29, 1.82) is 0 Å².